The van der Waals surface area contributed by atoms with E-state index in [1.165, 1.54) is 0 Å². The second-order valence-corrected chi connectivity index (χ2v) is 14.4. The first-order valence-corrected chi connectivity index (χ1v) is 19.4. The molecule has 3 heterocycles. The highest BCUT2D eigenvalue weighted by Gasteiger charge is 2.53. The van der Waals surface area contributed by atoms with Crippen LogP contribution in [0.2, 0.25) is 0 Å². The molecule has 0 radical (unpaired) electrons. The van der Waals surface area contributed by atoms with Crippen LogP contribution in [0.1, 0.15) is 78.1 Å². The molecule has 3 aliphatic heterocycles. The van der Waals surface area contributed by atoms with Crippen molar-refractivity contribution in [2.75, 3.05) is 26.4 Å². The standard InChI is InChI=1S/C36H65NO18/c1-3-5-7-9-11-13-20(41)19(37-24(42)14-12-10-8-6-4-2)18-50-34-30(48)27(45)32(22(16-39)52-34)55-36-31(49)28(46)33(23(17-40)53-36)54-35-29(47)26(44)25(43)21(15-38)51-35/h11,13,19-23,25-36,38-41,43-49H,3-10,12,14-18H2,1-2H3,(H,37,42)/b13-11+. The average molecular weight is 800 g/mol. The van der Waals surface area contributed by atoms with Gasteiger partial charge in [0, 0.05) is 6.42 Å². The SMILES string of the molecule is CCCCC/C=C/C(O)C(COC1OC(CO)C(OC2OC(CO)C(OC3OC(CO)C(O)C(O)C3O)C(O)C2O)C(O)C1O)NC(=O)CCCCCCC. The van der Waals surface area contributed by atoms with Gasteiger partial charge in [-0.15, -0.1) is 0 Å². The van der Waals surface area contributed by atoms with Crippen molar-refractivity contribution in [1.82, 2.24) is 5.32 Å². The second-order valence-electron chi connectivity index (χ2n) is 14.4. The lowest BCUT2D eigenvalue weighted by atomic mass is 9.96. The quantitative estimate of drug-likeness (QED) is 0.0358. The van der Waals surface area contributed by atoms with Gasteiger partial charge in [-0.2, -0.15) is 0 Å². The van der Waals surface area contributed by atoms with Crippen LogP contribution in [0.3, 0.4) is 0 Å². The highest BCUT2D eigenvalue weighted by molar-refractivity contribution is 5.76. The molecule has 0 aromatic heterocycles. The lowest BCUT2D eigenvalue weighted by Crippen LogP contribution is -2.66. The van der Waals surface area contributed by atoms with Crippen LogP contribution in [0, 0.1) is 0 Å². The highest BCUT2D eigenvalue weighted by atomic mass is 16.8. The van der Waals surface area contributed by atoms with Crippen LogP contribution >= 0.6 is 0 Å². The van der Waals surface area contributed by atoms with Gasteiger partial charge in [0.05, 0.1) is 38.6 Å². The minimum absolute atomic E-state index is 0.238. The van der Waals surface area contributed by atoms with Gasteiger partial charge in [-0.3, -0.25) is 4.79 Å². The van der Waals surface area contributed by atoms with E-state index in [-0.39, 0.29) is 18.9 Å². The van der Waals surface area contributed by atoms with Crippen molar-refractivity contribution in [2.45, 2.75) is 182 Å². The molecule has 3 rings (SSSR count). The number of aliphatic hydroxyl groups excluding tert-OH is 11. The van der Waals surface area contributed by atoms with Gasteiger partial charge >= 0.3 is 0 Å². The number of ether oxygens (including phenoxy) is 6. The van der Waals surface area contributed by atoms with Gasteiger partial charge in [0.1, 0.15) is 73.2 Å². The predicted octanol–water partition coefficient (Wildman–Crippen LogP) is -3.21. The number of nitrogens with one attached hydrogen (secondary N) is 1. The summed E-state index contributed by atoms with van der Waals surface area (Å²) in [5, 5.41) is 118. The van der Waals surface area contributed by atoms with E-state index in [1.807, 2.05) is 6.08 Å². The lowest BCUT2D eigenvalue weighted by molar-refractivity contribution is -0.379. The highest BCUT2D eigenvalue weighted by Crippen LogP contribution is 2.32. The first-order chi connectivity index (χ1) is 26.3. The zero-order chi connectivity index (χ0) is 40.7. The third-order valence-electron chi connectivity index (χ3n) is 10.1. The maximum atomic E-state index is 12.8. The fourth-order valence-electron chi connectivity index (χ4n) is 6.66. The molecule has 0 aromatic carbocycles. The minimum Gasteiger partial charge on any atom is -0.394 e. The van der Waals surface area contributed by atoms with Crippen LogP contribution < -0.4 is 5.32 Å². The summed E-state index contributed by atoms with van der Waals surface area (Å²) in [6.07, 6.45) is -14.7. The normalized spacial score (nSPS) is 38.2. The Morgan fingerprint density at radius 3 is 1.69 bits per heavy atom. The summed E-state index contributed by atoms with van der Waals surface area (Å²) in [6.45, 7) is 1.40. The zero-order valence-corrected chi connectivity index (χ0v) is 31.6. The maximum Gasteiger partial charge on any atom is 0.220 e. The summed E-state index contributed by atoms with van der Waals surface area (Å²) in [7, 11) is 0. The van der Waals surface area contributed by atoms with Crippen molar-refractivity contribution >= 4 is 5.91 Å². The van der Waals surface area contributed by atoms with Gasteiger partial charge in [-0.1, -0.05) is 64.5 Å². The Labute approximate surface area is 321 Å². The van der Waals surface area contributed by atoms with E-state index < -0.39 is 124 Å². The number of hydrogen-bond donors (Lipinski definition) is 12. The molecule has 17 atom stereocenters. The number of carbonyl (C=O) groups is 1. The van der Waals surface area contributed by atoms with Crippen molar-refractivity contribution in [3.8, 4) is 0 Å². The molecule has 0 bridgehead atoms. The van der Waals surface area contributed by atoms with Crippen molar-refractivity contribution in [2.24, 2.45) is 0 Å². The number of hydrogen-bond acceptors (Lipinski definition) is 18. The van der Waals surface area contributed by atoms with Crippen molar-refractivity contribution < 1.29 is 89.4 Å². The third-order valence-corrected chi connectivity index (χ3v) is 10.1. The molecule has 3 fully saturated rings. The maximum absolute atomic E-state index is 12.8. The van der Waals surface area contributed by atoms with Gasteiger partial charge in [0.15, 0.2) is 18.9 Å². The summed E-state index contributed by atoms with van der Waals surface area (Å²) in [5.41, 5.74) is 0. The van der Waals surface area contributed by atoms with Crippen LogP contribution in [0.4, 0.5) is 0 Å². The van der Waals surface area contributed by atoms with Crippen LogP contribution in [-0.4, -0.2) is 193 Å². The van der Waals surface area contributed by atoms with Crippen molar-refractivity contribution in [3.63, 3.8) is 0 Å². The van der Waals surface area contributed by atoms with Crippen LogP contribution in [0.5, 0.6) is 0 Å². The summed E-state index contributed by atoms with van der Waals surface area (Å²) in [4.78, 5) is 12.8. The van der Waals surface area contributed by atoms with E-state index in [2.05, 4.69) is 19.2 Å². The van der Waals surface area contributed by atoms with Gasteiger partial charge < -0.3 is 89.9 Å². The van der Waals surface area contributed by atoms with E-state index >= 15 is 0 Å². The Kier molecular flexibility index (Phi) is 21.3. The molecule has 3 saturated heterocycles. The van der Waals surface area contributed by atoms with E-state index in [0.29, 0.717) is 6.42 Å². The fraction of sp³-hybridized carbons (Fsp3) is 0.917. The third kappa shape index (κ3) is 13.5. The zero-order valence-electron chi connectivity index (χ0n) is 31.6. The monoisotopic (exact) mass is 799 g/mol. The Bertz CT molecular complexity index is 1100. The Balaban J connectivity index is 1.65. The number of aliphatic hydroxyl groups is 11. The van der Waals surface area contributed by atoms with Gasteiger partial charge in [0.2, 0.25) is 5.91 Å². The van der Waals surface area contributed by atoms with Gasteiger partial charge in [0.25, 0.3) is 0 Å². The van der Waals surface area contributed by atoms with E-state index in [4.69, 9.17) is 28.4 Å². The van der Waals surface area contributed by atoms with E-state index in [0.717, 1.165) is 51.4 Å². The summed E-state index contributed by atoms with van der Waals surface area (Å²) in [5.74, 6) is -0.300. The molecule has 3 aliphatic rings. The summed E-state index contributed by atoms with van der Waals surface area (Å²) in [6, 6.07) is -0.958. The number of rotatable bonds is 23. The molecular formula is C36H65NO18. The average Bonchev–Trinajstić information content (AvgIpc) is 3.18. The minimum atomic E-state index is -1.97. The number of amides is 1. The molecule has 1 amide bonds. The first-order valence-electron chi connectivity index (χ1n) is 19.4. The molecule has 0 aliphatic carbocycles. The van der Waals surface area contributed by atoms with Crippen molar-refractivity contribution in [3.05, 3.63) is 12.2 Å². The topological polar surface area (TPSA) is 307 Å². The molecule has 12 N–H and O–H groups in total. The Morgan fingerprint density at radius 2 is 1.13 bits per heavy atom. The largest absolute Gasteiger partial charge is 0.394 e. The molecule has 0 spiro atoms. The van der Waals surface area contributed by atoms with Gasteiger partial charge in [-0.25, -0.2) is 0 Å². The molecular weight excluding hydrogens is 734 g/mol. The van der Waals surface area contributed by atoms with Crippen molar-refractivity contribution in [1.29, 1.82) is 0 Å². The number of allylic oxidation sites excluding steroid dienone is 1. The molecule has 0 aromatic rings. The van der Waals surface area contributed by atoms with Crippen LogP contribution in [0.15, 0.2) is 12.2 Å². The molecule has 0 saturated carbocycles. The van der Waals surface area contributed by atoms with Gasteiger partial charge in [-0.05, 0) is 19.3 Å². The second kappa shape index (κ2) is 24.5. The Hall–Kier alpha value is -1.47. The molecule has 19 nitrogen and oxygen atoms in total. The van der Waals surface area contributed by atoms with E-state index in [1.54, 1.807) is 6.08 Å². The Morgan fingerprint density at radius 1 is 0.636 bits per heavy atom. The number of carbonyl (C=O) groups excluding carboxylic acids is 1. The van der Waals surface area contributed by atoms with Crippen LogP contribution in [-0.2, 0) is 33.2 Å². The molecule has 55 heavy (non-hydrogen) atoms. The van der Waals surface area contributed by atoms with E-state index in [9.17, 15) is 61.0 Å². The molecule has 19 heteroatoms. The molecule has 322 valence electrons. The summed E-state index contributed by atoms with van der Waals surface area (Å²) < 4.78 is 33.7. The predicted molar refractivity (Wildman–Crippen MR) is 190 cm³/mol. The smallest absolute Gasteiger partial charge is 0.220 e. The fourth-order valence-corrected chi connectivity index (χ4v) is 6.66. The van der Waals surface area contributed by atoms with Crippen LogP contribution in [0.25, 0.3) is 0 Å². The summed E-state index contributed by atoms with van der Waals surface area (Å²) >= 11 is 0. The first kappa shape index (κ1) is 47.9. The lowest BCUT2D eigenvalue weighted by Gasteiger charge is -2.48. The number of unbranched alkanes of at least 4 members (excludes halogenated alkanes) is 7. The molecule has 17 unspecified atom stereocenters.